The molecule has 0 saturated heterocycles. The van der Waals surface area contributed by atoms with Gasteiger partial charge in [0.2, 0.25) is 11.8 Å². The molecule has 0 fully saturated rings. The lowest BCUT2D eigenvalue weighted by Gasteiger charge is -2.06. The van der Waals surface area contributed by atoms with E-state index in [0.29, 0.717) is 16.8 Å². The van der Waals surface area contributed by atoms with E-state index in [9.17, 15) is 0 Å². The van der Waals surface area contributed by atoms with E-state index in [4.69, 9.17) is 21.8 Å². The summed E-state index contributed by atoms with van der Waals surface area (Å²) in [5, 5.41) is 8.65. The summed E-state index contributed by atoms with van der Waals surface area (Å²) in [4.78, 5) is 0. The van der Waals surface area contributed by atoms with Crippen molar-refractivity contribution in [2.75, 3.05) is 0 Å². The highest BCUT2D eigenvalue weighted by atomic mass is 35.5. The fourth-order valence-electron chi connectivity index (χ4n) is 1.90. The van der Waals surface area contributed by atoms with Gasteiger partial charge in [-0.25, -0.2) is 0 Å². The molecule has 0 aliphatic carbocycles. The van der Waals surface area contributed by atoms with Crippen molar-refractivity contribution >= 4 is 11.6 Å². The van der Waals surface area contributed by atoms with Crippen LogP contribution in [0.15, 0.2) is 59.0 Å². The standard InChI is InChI=1S/C15H12ClN3O/c16-12-8-4-7-11(9-12)14-18-19-15(20-14)13(17)10-5-2-1-3-6-10/h1-9,13H,17H2. The molecule has 1 unspecified atom stereocenters. The van der Waals surface area contributed by atoms with E-state index in [0.717, 1.165) is 11.1 Å². The summed E-state index contributed by atoms with van der Waals surface area (Å²) in [6.45, 7) is 0. The van der Waals surface area contributed by atoms with Crippen molar-refractivity contribution in [1.82, 2.24) is 10.2 Å². The molecule has 20 heavy (non-hydrogen) atoms. The number of benzene rings is 2. The van der Waals surface area contributed by atoms with Crippen LogP contribution in [0.2, 0.25) is 5.02 Å². The number of hydrogen-bond acceptors (Lipinski definition) is 4. The highest BCUT2D eigenvalue weighted by Crippen LogP contribution is 2.24. The van der Waals surface area contributed by atoms with Gasteiger partial charge in [0.15, 0.2) is 0 Å². The van der Waals surface area contributed by atoms with E-state index in [2.05, 4.69) is 10.2 Å². The molecule has 0 spiro atoms. The van der Waals surface area contributed by atoms with Crippen LogP contribution in [0.25, 0.3) is 11.5 Å². The summed E-state index contributed by atoms with van der Waals surface area (Å²) < 4.78 is 5.64. The first kappa shape index (κ1) is 12.8. The monoisotopic (exact) mass is 285 g/mol. The first-order chi connectivity index (χ1) is 9.74. The van der Waals surface area contributed by atoms with Crippen molar-refractivity contribution in [2.24, 2.45) is 5.73 Å². The van der Waals surface area contributed by atoms with E-state index >= 15 is 0 Å². The molecule has 2 aromatic carbocycles. The first-order valence-corrected chi connectivity index (χ1v) is 6.52. The van der Waals surface area contributed by atoms with E-state index in [1.807, 2.05) is 42.5 Å². The Morgan fingerprint density at radius 3 is 2.55 bits per heavy atom. The predicted octanol–water partition coefficient (Wildman–Crippen LogP) is 3.44. The van der Waals surface area contributed by atoms with Crippen LogP contribution in [-0.2, 0) is 0 Å². The van der Waals surface area contributed by atoms with Crippen molar-refractivity contribution in [3.05, 3.63) is 71.1 Å². The van der Waals surface area contributed by atoms with Gasteiger partial charge in [-0.1, -0.05) is 48.0 Å². The second-order valence-corrected chi connectivity index (χ2v) is 4.78. The topological polar surface area (TPSA) is 64.9 Å². The Labute approximate surface area is 121 Å². The Morgan fingerprint density at radius 2 is 1.80 bits per heavy atom. The molecule has 1 aromatic heterocycles. The first-order valence-electron chi connectivity index (χ1n) is 6.14. The van der Waals surface area contributed by atoms with Crippen molar-refractivity contribution < 1.29 is 4.42 Å². The second kappa shape index (κ2) is 5.45. The zero-order valence-electron chi connectivity index (χ0n) is 10.5. The molecule has 0 radical (unpaired) electrons. The number of hydrogen-bond donors (Lipinski definition) is 1. The average Bonchev–Trinajstić information content (AvgIpc) is 2.97. The van der Waals surface area contributed by atoms with Crippen molar-refractivity contribution in [3.8, 4) is 11.5 Å². The molecular weight excluding hydrogens is 274 g/mol. The van der Waals surface area contributed by atoms with Gasteiger partial charge in [0.05, 0.1) is 0 Å². The SMILES string of the molecule is NC(c1ccccc1)c1nnc(-c2cccc(Cl)c2)o1. The molecular formula is C15H12ClN3O. The average molecular weight is 286 g/mol. The highest BCUT2D eigenvalue weighted by molar-refractivity contribution is 6.30. The maximum absolute atomic E-state index is 6.12. The highest BCUT2D eigenvalue weighted by Gasteiger charge is 2.17. The smallest absolute Gasteiger partial charge is 0.247 e. The molecule has 3 rings (SSSR count). The minimum atomic E-state index is -0.434. The van der Waals surface area contributed by atoms with Crippen LogP contribution in [0.5, 0.6) is 0 Å². The summed E-state index contributed by atoms with van der Waals surface area (Å²) in [5.41, 5.74) is 7.81. The Hall–Kier alpha value is -2.17. The molecule has 0 amide bonds. The molecule has 100 valence electrons. The zero-order chi connectivity index (χ0) is 13.9. The van der Waals surface area contributed by atoms with Crippen LogP contribution in [0.1, 0.15) is 17.5 Å². The summed E-state index contributed by atoms with van der Waals surface area (Å²) in [6, 6.07) is 16.4. The molecule has 0 saturated carbocycles. The quantitative estimate of drug-likeness (QED) is 0.800. The largest absolute Gasteiger partial charge is 0.419 e. The van der Waals surface area contributed by atoms with Crippen LogP contribution < -0.4 is 5.73 Å². The minimum Gasteiger partial charge on any atom is -0.419 e. The Balaban J connectivity index is 1.91. The zero-order valence-corrected chi connectivity index (χ0v) is 11.3. The van der Waals surface area contributed by atoms with E-state index in [1.165, 1.54) is 0 Å². The summed E-state index contributed by atoms with van der Waals surface area (Å²) in [5.74, 6) is 0.792. The van der Waals surface area contributed by atoms with Gasteiger partial charge in [0, 0.05) is 10.6 Å². The van der Waals surface area contributed by atoms with E-state index in [-0.39, 0.29) is 0 Å². The van der Waals surface area contributed by atoms with Gasteiger partial charge in [0.1, 0.15) is 6.04 Å². The van der Waals surface area contributed by atoms with E-state index < -0.39 is 6.04 Å². The lowest BCUT2D eigenvalue weighted by atomic mass is 10.1. The third-order valence-corrected chi connectivity index (χ3v) is 3.17. The van der Waals surface area contributed by atoms with Gasteiger partial charge < -0.3 is 10.2 Å². The molecule has 4 nitrogen and oxygen atoms in total. The van der Waals surface area contributed by atoms with E-state index in [1.54, 1.807) is 12.1 Å². The summed E-state index contributed by atoms with van der Waals surface area (Å²) in [6.07, 6.45) is 0. The molecule has 5 heteroatoms. The van der Waals surface area contributed by atoms with Gasteiger partial charge >= 0.3 is 0 Å². The second-order valence-electron chi connectivity index (χ2n) is 4.34. The van der Waals surface area contributed by atoms with Crippen LogP contribution in [0, 0.1) is 0 Å². The number of rotatable bonds is 3. The Morgan fingerprint density at radius 1 is 1.00 bits per heavy atom. The molecule has 2 N–H and O–H groups in total. The van der Waals surface area contributed by atoms with Crippen LogP contribution in [-0.4, -0.2) is 10.2 Å². The van der Waals surface area contributed by atoms with Gasteiger partial charge in [-0.2, -0.15) is 0 Å². The van der Waals surface area contributed by atoms with Crippen LogP contribution >= 0.6 is 11.6 Å². The molecule has 0 bridgehead atoms. The summed E-state index contributed by atoms with van der Waals surface area (Å²) in [7, 11) is 0. The number of nitrogens with two attached hydrogens (primary N) is 1. The maximum atomic E-state index is 6.12. The summed E-state index contributed by atoms with van der Waals surface area (Å²) >= 11 is 5.95. The van der Waals surface area contributed by atoms with Gasteiger partial charge in [-0.15, -0.1) is 10.2 Å². The maximum Gasteiger partial charge on any atom is 0.247 e. The third-order valence-electron chi connectivity index (χ3n) is 2.94. The number of halogens is 1. The fraction of sp³-hybridized carbons (Fsp3) is 0.0667. The molecule has 3 aromatic rings. The lowest BCUT2D eigenvalue weighted by Crippen LogP contribution is -2.11. The number of nitrogens with zero attached hydrogens (tertiary/aromatic N) is 2. The van der Waals surface area contributed by atoms with Gasteiger partial charge in [0.25, 0.3) is 0 Å². The fourth-order valence-corrected chi connectivity index (χ4v) is 2.09. The normalized spacial score (nSPS) is 12.3. The molecule has 1 heterocycles. The van der Waals surface area contributed by atoms with Crippen molar-refractivity contribution in [1.29, 1.82) is 0 Å². The Bertz CT molecular complexity index is 712. The Kier molecular flexibility index (Phi) is 3.50. The lowest BCUT2D eigenvalue weighted by molar-refractivity contribution is 0.484. The molecule has 0 aliphatic rings. The predicted molar refractivity (Wildman–Crippen MR) is 77.2 cm³/mol. The number of aromatic nitrogens is 2. The molecule has 1 atom stereocenters. The van der Waals surface area contributed by atoms with Gasteiger partial charge in [-0.05, 0) is 23.8 Å². The van der Waals surface area contributed by atoms with Crippen molar-refractivity contribution in [3.63, 3.8) is 0 Å². The van der Waals surface area contributed by atoms with Crippen molar-refractivity contribution in [2.45, 2.75) is 6.04 Å². The van der Waals surface area contributed by atoms with Crippen LogP contribution in [0.3, 0.4) is 0 Å². The van der Waals surface area contributed by atoms with Crippen LogP contribution in [0.4, 0.5) is 0 Å². The van der Waals surface area contributed by atoms with Gasteiger partial charge in [-0.3, -0.25) is 0 Å². The third kappa shape index (κ3) is 2.57. The molecule has 0 aliphatic heterocycles. The minimum absolute atomic E-state index is 0.381.